The number of hydrogen-bond donors (Lipinski definition) is 0. The molecule has 9 rings (SSSR count). The molecule has 5 nitrogen and oxygen atoms in total. The van der Waals surface area contributed by atoms with Crippen LogP contribution in [0.3, 0.4) is 0 Å². The monoisotopic (exact) mass is 733 g/mol. The standard InChI is InChI=1S/C51H47N3O2/c1-49(2,3)32-26-38(44-39(27-32)40-28-33(50(4,5)6)29-41(45(40)56-44)51(7,8)9)36-24-16-22-34-35-23-17-25-37(43(35)55-42(34)36)48-53-46(30-18-12-10-13-19-30)52-47(54-48)31-20-14-11-15-21-31/h10-29H,1-9H3. The molecule has 3 aromatic heterocycles. The van der Waals surface area contributed by atoms with Gasteiger partial charge in [-0.3, -0.25) is 0 Å². The number of hydrogen-bond acceptors (Lipinski definition) is 5. The van der Waals surface area contributed by atoms with Gasteiger partial charge in [-0.25, -0.2) is 15.0 Å². The predicted molar refractivity (Wildman–Crippen MR) is 232 cm³/mol. The molecule has 0 bridgehead atoms. The van der Waals surface area contributed by atoms with Crippen LogP contribution in [0.15, 0.2) is 130 Å². The van der Waals surface area contributed by atoms with Crippen LogP contribution in [0.25, 0.3) is 89.2 Å². The third kappa shape index (κ3) is 6.06. The van der Waals surface area contributed by atoms with Gasteiger partial charge in [0, 0.05) is 49.4 Å². The maximum atomic E-state index is 7.09. The quantitative estimate of drug-likeness (QED) is 0.180. The molecule has 3 heterocycles. The highest BCUT2D eigenvalue weighted by Gasteiger charge is 2.29. The molecule has 0 aliphatic carbocycles. The molecule has 278 valence electrons. The van der Waals surface area contributed by atoms with Gasteiger partial charge in [0.1, 0.15) is 22.3 Å². The van der Waals surface area contributed by atoms with Gasteiger partial charge in [0.15, 0.2) is 17.5 Å². The van der Waals surface area contributed by atoms with E-state index in [0.29, 0.717) is 17.5 Å². The molecule has 0 unspecified atom stereocenters. The Hall–Kier alpha value is -6.07. The van der Waals surface area contributed by atoms with Crippen LogP contribution in [0.1, 0.15) is 79.0 Å². The molecule has 56 heavy (non-hydrogen) atoms. The number of rotatable bonds is 4. The van der Waals surface area contributed by atoms with Crippen LogP contribution >= 0.6 is 0 Å². The van der Waals surface area contributed by atoms with Crippen LogP contribution in [0, 0.1) is 0 Å². The van der Waals surface area contributed by atoms with E-state index in [2.05, 4.69) is 117 Å². The normalized spacial score (nSPS) is 12.7. The minimum Gasteiger partial charge on any atom is -0.455 e. The summed E-state index contributed by atoms with van der Waals surface area (Å²) in [5.74, 6) is 1.78. The summed E-state index contributed by atoms with van der Waals surface area (Å²) in [5.41, 5.74) is 11.5. The summed E-state index contributed by atoms with van der Waals surface area (Å²) < 4.78 is 14.2. The molecule has 9 aromatic rings. The summed E-state index contributed by atoms with van der Waals surface area (Å²) in [6.07, 6.45) is 0. The summed E-state index contributed by atoms with van der Waals surface area (Å²) in [6, 6.07) is 42.1. The van der Waals surface area contributed by atoms with Crippen LogP contribution in [0.5, 0.6) is 0 Å². The van der Waals surface area contributed by atoms with Crippen LogP contribution in [-0.2, 0) is 16.2 Å². The fourth-order valence-electron chi connectivity index (χ4n) is 7.74. The topological polar surface area (TPSA) is 65.0 Å². The van der Waals surface area contributed by atoms with Crippen molar-refractivity contribution in [3.8, 4) is 45.3 Å². The van der Waals surface area contributed by atoms with Gasteiger partial charge < -0.3 is 8.83 Å². The molecule has 6 aromatic carbocycles. The zero-order chi connectivity index (χ0) is 39.1. The van der Waals surface area contributed by atoms with Crippen molar-refractivity contribution >= 4 is 43.9 Å². The van der Waals surface area contributed by atoms with Gasteiger partial charge in [0.05, 0.1) is 5.56 Å². The van der Waals surface area contributed by atoms with Crippen molar-refractivity contribution in [2.75, 3.05) is 0 Å². The van der Waals surface area contributed by atoms with Gasteiger partial charge >= 0.3 is 0 Å². The molecule has 0 saturated carbocycles. The Morgan fingerprint density at radius 1 is 0.357 bits per heavy atom. The van der Waals surface area contributed by atoms with Gasteiger partial charge in [-0.2, -0.15) is 0 Å². The van der Waals surface area contributed by atoms with Crippen molar-refractivity contribution in [3.63, 3.8) is 0 Å². The molecule has 0 fully saturated rings. The summed E-state index contributed by atoms with van der Waals surface area (Å²) in [4.78, 5) is 15.0. The molecule has 0 aliphatic rings. The number of para-hydroxylation sites is 2. The molecule has 0 N–H and O–H groups in total. The molecule has 0 amide bonds. The van der Waals surface area contributed by atoms with E-state index in [9.17, 15) is 0 Å². The molecule has 0 spiro atoms. The maximum Gasteiger partial charge on any atom is 0.167 e. The van der Waals surface area contributed by atoms with Crippen LogP contribution in [-0.4, -0.2) is 15.0 Å². The van der Waals surface area contributed by atoms with Crippen molar-refractivity contribution < 1.29 is 8.83 Å². The van der Waals surface area contributed by atoms with Crippen molar-refractivity contribution in [1.82, 2.24) is 15.0 Å². The Balaban J connectivity index is 1.32. The first kappa shape index (κ1) is 35.6. The lowest BCUT2D eigenvalue weighted by molar-refractivity contribution is 0.559. The van der Waals surface area contributed by atoms with E-state index in [-0.39, 0.29) is 16.2 Å². The Kier molecular flexibility index (Phi) is 8.10. The Bertz CT molecular complexity index is 2890. The lowest BCUT2D eigenvalue weighted by atomic mass is 9.79. The summed E-state index contributed by atoms with van der Waals surface area (Å²) in [7, 11) is 0. The van der Waals surface area contributed by atoms with E-state index in [1.54, 1.807) is 0 Å². The first-order valence-electron chi connectivity index (χ1n) is 19.5. The second-order valence-electron chi connectivity index (χ2n) is 18.2. The average molecular weight is 734 g/mol. The van der Waals surface area contributed by atoms with Gasteiger partial charge in [-0.05, 0) is 51.6 Å². The van der Waals surface area contributed by atoms with Crippen LogP contribution in [0.2, 0.25) is 0 Å². The Morgan fingerprint density at radius 3 is 1.34 bits per heavy atom. The zero-order valence-electron chi connectivity index (χ0n) is 33.7. The molecule has 0 saturated heterocycles. The third-order valence-electron chi connectivity index (χ3n) is 11.0. The molecule has 0 aliphatic heterocycles. The van der Waals surface area contributed by atoms with Crippen molar-refractivity contribution in [1.29, 1.82) is 0 Å². The number of benzene rings is 6. The SMILES string of the molecule is CC(C)(C)c1cc(-c2cccc3c2oc2c(-c4nc(-c5ccccc5)nc(-c5ccccc5)n4)cccc23)c2oc3c(C(C)(C)C)cc(C(C)(C)C)cc3c2c1. The molecule has 0 atom stereocenters. The first-order chi connectivity index (χ1) is 26.6. The van der Waals surface area contributed by atoms with Crippen LogP contribution < -0.4 is 0 Å². The van der Waals surface area contributed by atoms with E-state index in [0.717, 1.165) is 71.7 Å². The number of furan rings is 2. The largest absolute Gasteiger partial charge is 0.455 e. The smallest absolute Gasteiger partial charge is 0.167 e. The van der Waals surface area contributed by atoms with E-state index < -0.39 is 0 Å². The second kappa shape index (κ2) is 12.7. The fourth-order valence-corrected chi connectivity index (χ4v) is 7.74. The van der Waals surface area contributed by atoms with Gasteiger partial charge in [0.2, 0.25) is 0 Å². The maximum absolute atomic E-state index is 7.09. The van der Waals surface area contributed by atoms with E-state index in [4.69, 9.17) is 23.8 Å². The second-order valence-corrected chi connectivity index (χ2v) is 18.2. The third-order valence-corrected chi connectivity index (χ3v) is 11.0. The summed E-state index contributed by atoms with van der Waals surface area (Å²) >= 11 is 0. The van der Waals surface area contributed by atoms with Crippen LogP contribution in [0.4, 0.5) is 0 Å². The summed E-state index contributed by atoms with van der Waals surface area (Å²) in [6.45, 7) is 20.5. The van der Waals surface area contributed by atoms with Gasteiger partial charge in [-0.15, -0.1) is 0 Å². The minimum atomic E-state index is -0.120. The number of aromatic nitrogens is 3. The predicted octanol–water partition coefficient (Wildman–Crippen LogP) is 14.2. The van der Waals surface area contributed by atoms with Crippen molar-refractivity contribution in [3.05, 3.63) is 138 Å². The highest BCUT2D eigenvalue weighted by atomic mass is 16.3. The van der Waals surface area contributed by atoms with E-state index in [1.807, 2.05) is 66.7 Å². The molecular weight excluding hydrogens is 687 g/mol. The lowest BCUT2D eigenvalue weighted by Gasteiger charge is -2.25. The Labute approximate surface area is 328 Å². The Morgan fingerprint density at radius 2 is 0.804 bits per heavy atom. The zero-order valence-corrected chi connectivity index (χ0v) is 33.7. The number of fused-ring (bicyclic) bond motifs is 6. The van der Waals surface area contributed by atoms with Gasteiger partial charge in [0.25, 0.3) is 0 Å². The molecule has 0 radical (unpaired) electrons. The first-order valence-corrected chi connectivity index (χ1v) is 19.5. The van der Waals surface area contributed by atoms with E-state index in [1.165, 1.54) is 16.7 Å². The van der Waals surface area contributed by atoms with E-state index >= 15 is 0 Å². The lowest BCUT2D eigenvalue weighted by Crippen LogP contribution is -2.16. The summed E-state index contributed by atoms with van der Waals surface area (Å²) in [5, 5.41) is 4.30. The fraction of sp³-hybridized carbons (Fsp3) is 0.235. The number of nitrogens with zero attached hydrogens (tertiary/aromatic N) is 3. The van der Waals surface area contributed by atoms with Crippen molar-refractivity contribution in [2.45, 2.75) is 78.6 Å². The highest BCUT2D eigenvalue weighted by Crippen LogP contribution is 2.47. The van der Waals surface area contributed by atoms with Gasteiger partial charge in [-0.1, -0.05) is 159 Å². The highest BCUT2D eigenvalue weighted by molar-refractivity contribution is 6.17. The molecule has 5 heteroatoms. The minimum absolute atomic E-state index is 0.0257. The molecular formula is C51H47N3O2. The average Bonchev–Trinajstić information content (AvgIpc) is 3.75. The van der Waals surface area contributed by atoms with Crippen molar-refractivity contribution in [2.24, 2.45) is 0 Å².